The van der Waals surface area contributed by atoms with Crippen LogP contribution >= 0.6 is 11.8 Å². The van der Waals surface area contributed by atoms with Crippen molar-refractivity contribution in [2.75, 3.05) is 43.5 Å². The van der Waals surface area contributed by atoms with Crippen LogP contribution in [0.15, 0.2) is 59.8 Å². The van der Waals surface area contributed by atoms with Gasteiger partial charge in [-0.2, -0.15) is 0 Å². The minimum atomic E-state index is -0.379. The standard InChI is InChI=1S/C28H31N7O2S/c1-34(2)25-7-6-22(18-31-25)21-5-3-4-20(14-21)17-29-16-19-9-12-35(13-10-19)27-30-11-8-23(32-27)15-24-26(36)33-28(37)38-24/h3-8,11,14-15,18-19,29H,9-10,12-13,16-17H2,1-2H3,(H,33,36,37)/b24-15-. The second-order valence-electron chi connectivity index (χ2n) is 9.69. The van der Waals surface area contributed by atoms with E-state index in [1.54, 1.807) is 18.3 Å². The molecule has 3 aromatic rings. The lowest BCUT2D eigenvalue weighted by Gasteiger charge is -2.32. The number of imide groups is 1. The Morgan fingerprint density at radius 1 is 1.11 bits per heavy atom. The molecule has 0 radical (unpaired) electrons. The van der Waals surface area contributed by atoms with Crippen LogP contribution < -0.4 is 20.4 Å². The third-order valence-corrected chi connectivity index (χ3v) is 7.52. The maximum Gasteiger partial charge on any atom is 0.290 e. The number of carbonyl (C=O) groups excluding carboxylic acids is 2. The Kier molecular flexibility index (Phi) is 8.00. The van der Waals surface area contributed by atoms with Gasteiger partial charge < -0.3 is 15.1 Å². The number of pyridine rings is 1. The maximum absolute atomic E-state index is 11.8. The number of nitrogens with zero attached hydrogens (tertiary/aromatic N) is 5. The highest BCUT2D eigenvalue weighted by Crippen LogP contribution is 2.26. The Labute approximate surface area is 226 Å². The van der Waals surface area contributed by atoms with E-state index in [1.165, 1.54) is 11.1 Å². The van der Waals surface area contributed by atoms with Crippen molar-refractivity contribution in [1.29, 1.82) is 0 Å². The van der Waals surface area contributed by atoms with E-state index in [0.29, 0.717) is 22.5 Å². The van der Waals surface area contributed by atoms with Gasteiger partial charge in [0.15, 0.2) is 0 Å². The monoisotopic (exact) mass is 529 g/mol. The summed E-state index contributed by atoms with van der Waals surface area (Å²) in [6, 6.07) is 14.5. The van der Waals surface area contributed by atoms with Crippen molar-refractivity contribution in [3.8, 4) is 11.1 Å². The molecule has 196 valence electrons. The van der Waals surface area contributed by atoms with E-state index in [-0.39, 0.29) is 11.1 Å². The summed E-state index contributed by atoms with van der Waals surface area (Å²) in [5, 5.41) is 5.55. The Morgan fingerprint density at radius 2 is 1.95 bits per heavy atom. The lowest BCUT2D eigenvalue weighted by atomic mass is 9.97. The van der Waals surface area contributed by atoms with Crippen LogP contribution in [0.1, 0.15) is 24.1 Å². The molecule has 0 spiro atoms. The smallest absolute Gasteiger partial charge is 0.290 e. The van der Waals surface area contributed by atoms with Crippen molar-refractivity contribution >= 4 is 40.8 Å². The topological polar surface area (TPSA) is 103 Å². The number of carbonyl (C=O) groups is 2. The van der Waals surface area contributed by atoms with Crippen molar-refractivity contribution in [1.82, 2.24) is 25.6 Å². The molecule has 2 aromatic heterocycles. The number of nitrogens with one attached hydrogen (secondary N) is 2. The molecule has 2 amide bonds. The lowest BCUT2D eigenvalue weighted by Crippen LogP contribution is -2.38. The molecule has 2 aliphatic heterocycles. The van der Waals surface area contributed by atoms with Crippen LogP contribution in [0, 0.1) is 5.92 Å². The molecule has 0 unspecified atom stereocenters. The fourth-order valence-corrected chi connectivity index (χ4v) is 5.26. The Morgan fingerprint density at radius 3 is 2.66 bits per heavy atom. The number of benzene rings is 1. The third kappa shape index (κ3) is 6.38. The van der Waals surface area contributed by atoms with Gasteiger partial charge in [0.25, 0.3) is 11.1 Å². The summed E-state index contributed by atoms with van der Waals surface area (Å²) in [6.07, 6.45) is 7.37. The van der Waals surface area contributed by atoms with Gasteiger partial charge >= 0.3 is 0 Å². The zero-order valence-corrected chi connectivity index (χ0v) is 22.4. The Bertz CT molecular complexity index is 1340. The number of thioether (sulfide) groups is 1. The van der Waals surface area contributed by atoms with E-state index < -0.39 is 0 Å². The highest BCUT2D eigenvalue weighted by atomic mass is 32.2. The predicted octanol–water partition coefficient (Wildman–Crippen LogP) is 3.93. The quantitative estimate of drug-likeness (QED) is 0.420. The van der Waals surface area contributed by atoms with Crippen molar-refractivity contribution in [2.24, 2.45) is 5.92 Å². The molecule has 10 heteroatoms. The van der Waals surface area contributed by atoms with Gasteiger partial charge in [-0.05, 0) is 78.5 Å². The first-order valence-electron chi connectivity index (χ1n) is 12.7. The van der Waals surface area contributed by atoms with E-state index in [4.69, 9.17) is 0 Å². The van der Waals surface area contributed by atoms with Gasteiger partial charge in [-0.1, -0.05) is 18.2 Å². The summed E-state index contributed by atoms with van der Waals surface area (Å²) in [6.45, 7) is 3.55. The molecule has 0 aliphatic carbocycles. The fraction of sp³-hybridized carbons (Fsp3) is 0.321. The second kappa shape index (κ2) is 11.7. The molecular weight excluding hydrogens is 498 g/mol. The molecule has 1 aromatic carbocycles. The average molecular weight is 530 g/mol. The summed E-state index contributed by atoms with van der Waals surface area (Å²) in [4.78, 5) is 41.3. The molecule has 2 N–H and O–H groups in total. The average Bonchev–Trinajstić information content (AvgIpc) is 3.25. The van der Waals surface area contributed by atoms with Crippen LogP contribution in [0.4, 0.5) is 16.6 Å². The van der Waals surface area contributed by atoms with Gasteiger partial charge in [-0.3, -0.25) is 14.9 Å². The molecule has 0 atom stereocenters. The van der Waals surface area contributed by atoms with Crippen molar-refractivity contribution in [3.63, 3.8) is 0 Å². The molecular formula is C28H31N7O2S. The molecule has 0 saturated carbocycles. The van der Waals surface area contributed by atoms with Crippen LogP contribution in [0.3, 0.4) is 0 Å². The zero-order chi connectivity index (χ0) is 26.5. The molecule has 9 nitrogen and oxygen atoms in total. The minimum absolute atomic E-state index is 0.355. The van der Waals surface area contributed by atoms with Crippen molar-refractivity contribution in [2.45, 2.75) is 19.4 Å². The molecule has 4 heterocycles. The van der Waals surface area contributed by atoms with Crippen LogP contribution in [0.25, 0.3) is 17.2 Å². The molecule has 2 saturated heterocycles. The fourth-order valence-electron chi connectivity index (χ4n) is 4.59. The van der Waals surface area contributed by atoms with E-state index in [0.717, 1.165) is 62.2 Å². The number of anilines is 2. The van der Waals surface area contributed by atoms with Gasteiger partial charge in [-0.25, -0.2) is 15.0 Å². The molecule has 0 bridgehead atoms. The zero-order valence-electron chi connectivity index (χ0n) is 21.6. The first-order chi connectivity index (χ1) is 18.4. The van der Waals surface area contributed by atoms with Crippen LogP contribution in [0.2, 0.25) is 0 Å². The Hall–Kier alpha value is -3.76. The molecule has 5 rings (SSSR count). The summed E-state index contributed by atoms with van der Waals surface area (Å²) in [7, 11) is 3.98. The van der Waals surface area contributed by atoms with Crippen LogP contribution in [0.5, 0.6) is 0 Å². The number of piperidine rings is 1. The van der Waals surface area contributed by atoms with E-state index in [9.17, 15) is 9.59 Å². The van der Waals surface area contributed by atoms with Gasteiger partial charge in [0.2, 0.25) is 5.95 Å². The van der Waals surface area contributed by atoms with E-state index >= 15 is 0 Å². The highest BCUT2D eigenvalue weighted by molar-refractivity contribution is 8.18. The first kappa shape index (κ1) is 25.9. The summed E-state index contributed by atoms with van der Waals surface area (Å²) in [5.41, 5.74) is 4.17. The van der Waals surface area contributed by atoms with Crippen molar-refractivity contribution in [3.05, 3.63) is 71.0 Å². The van der Waals surface area contributed by atoms with Gasteiger partial charge in [0, 0.05) is 51.7 Å². The number of rotatable bonds is 8. The summed E-state index contributed by atoms with van der Waals surface area (Å²) >= 11 is 0.893. The lowest BCUT2D eigenvalue weighted by molar-refractivity contribution is -0.115. The largest absolute Gasteiger partial charge is 0.363 e. The van der Waals surface area contributed by atoms with Crippen molar-refractivity contribution < 1.29 is 9.59 Å². The third-order valence-electron chi connectivity index (χ3n) is 6.71. The number of amides is 2. The molecule has 38 heavy (non-hydrogen) atoms. The van der Waals surface area contributed by atoms with Gasteiger partial charge in [0.1, 0.15) is 5.82 Å². The summed E-state index contributed by atoms with van der Waals surface area (Å²) < 4.78 is 0. The minimum Gasteiger partial charge on any atom is -0.363 e. The number of aromatic nitrogens is 3. The molecule has 2 fully saturated rings. The maximum atomic E-state index is 11.8. The normalized spacial score (nSPS) is 17.2. The van der Waals surface area contributed by atoms with E-state index in [2.05, 4.69) is 60.8 Å². The van der Waals surface area contributed by atoms with Crippen LogP contribution in [-0.4, -0.2) is 59.8 Å². The summed E-state index contributed by atoms with van der Waals surface area (Å²) in [5.74, 6) is 1.82. The second-order valence-corrected chi connectivity index (χ2v) is 10.7. The number of hydrogen-bond acceptors (Lipinski definition) is 9. The first-order valence-corrected chi connectivity index (χ1v) is 13.5. The predicted molar refractivity (Wildman–Crippen MR) is 152 cm³/mol. The molecule has 2 aliphatic rings. The van der Waals surface area contributed by atoms with Crippen LogP contribution in [-0.2, 0) is 11.3 Å². The SMILES string of the molecule is CN(C)c1ccc(-c2cccc(CNCC3CCN(c4nccc(/C=C5\SC(=O)NC5=O)n4)CC3)c2)cn1. The van der Waals surface area contributed by atoms with Gasteiger partial charge in [-0.15, -0.1) is 0 Å². The Balaban J connectivity index is 1.10. The number of hydrogen-bond donors (Lipinski definition) is 2. The van der Waals surface area contributed by atoms with Gasteiger partial charge in [0.05, 0.1) is 10.6 Å². The highest BCUT2D eigenvalue weighted by Gasteiger charge is 2.25. The van der Waals surface area contributed by atoms with E-state index in [1.807, 2.05) is 31.3 Å².